The molecule has 1 aliphatic rings. The molecule has 0 saturated heterocycles. The first kappa shape index (κ1) is 14.5. The van der Waals surface area contributed by atoms with E-state index in [0.717, 1.165) is 12.8 Å². The molecule has 3 nitrogen and oxygen atoms in total. The van der Waals surface area contributed by atoms with Crippen LogP contribution in [0.2, 0.25) is 0 Å². The molecule has 1 N–H and O–H groups in total. The number of fused-ring (bicyclic) bond motifs is 1. The molecule has 0 radical (unpaired) electrons. The topological polar surface area (TPSA) is 34.2 Å². The zero-order chi connectivity index (χ0) is 14.7. The summed E-state index contributed by atoms with van der Waals surface area (Å²) in [4.78, 5) is 4.24. The molecule has 3 heteroatoms. The summed E-state index contributed by atoms with van der Waals surface area (Å²) in [6, 6.07) is 8.79. The maximum atomic E-state index is 6.06. The minimum Gasteiger partial charge on any atom is -0.376 e. The van der Waals surface area contributed by atoms with Crippen LogP contribution in [0.1, 0.15) is 43.7 Å². The largest absolute Gasteiger partial charge is 0.376 e. The molecular formula is C18H24N2O. The first-order chi connectivity index (χ1) is 10.3. The highest BCUT2D eigenvalue weighted by Gasteiger charge is 2.40. The van der Waals surface area contributed by atoms with Crippen molar-refractivity contribution in [3.8, 4) is 0 Å². The Balaban J connectivity index is 2.09. The first-order valence-corrected chi connectivity index (χ1v) is 7.86. The zero-order valence-corrected chi connectivity index (χ0v) is 12.9. The summed E-state index contributed by atoms with van der Waals surface area (Å²) in [6.07, 6.45) is 9.87. The molecule has 0 spiro atoms. The van der Waals surface area contributed by atoms with Crippen LogP contribution in [0, 0.1) is 0 Å². The van der Waals surface area contributed by atoms with Crippen LogP contribution in [0.15, 0.2) is 36.7 Å². The monoisotopic (exact) mass is 284 g/mol. The summed E-state index contributed by atoms with van der Waals surface area (Å²) in [7, 11) is 3.91. The van der Waals surface area contributed by atoms with Crippen LogP contribution in [0.25, 0.3) is 10.8 Å². The SMILES string of the molecule is CNC(c1cccc2cnccc12)C1(OC)CCCCC1. The van der Waals surface area contributed by atoms with E-state index in [1.165, 1.54) is 35.6 Å². The lowest BCUT2D eigenvalue weighted by molar-refractivity contribution is -0.0668. The number of benzene rings is 1. The maximum Gasteiger partial charge on any atom is 0.0872 e. The molecular weight excluding hydrogens is 260 g/mol. The highest BCUT2D eigenvalue weighted by atomic mass is 16.5. The molecule has 3 rings (SSSR count). The average Bonchev–Trinajstić information content (AvgIpc) is 2.56. The normalized spacial score (nSPS) is 19.5. The van der Waals surface area contributed by atoms with Gasteiger partial charge in [-0.2, -0.15) is 0 Å². The second kappa shape index (κ2) is 6.12. The summed E-state index contributed by atoms with van der Waals surface area (Å²) in [5.74, 6) is 0. The molecule has 1 heterocycles. The Morgan fingerprint density at radius 2 is 2.00 bits per heavy atom. The van der Waals surface area contributed by atoms with Gasteiger partial charge in [-0.25, -0.2) is 0 Å². The smallest absolute Gasteiger partial charge is 0.0872 e. The first-order valence-electron chi connectivity index (χ1n) is 7.86. The van der Waals surface area contributed by atoms with Crippen LogP contribution in [0.4, 0.5) is 0 Å². The molecule has 1 saturated carbocycles. The van der Waals surface area contributed by atoms with E-state index in [2.05, 4.69) is 34.6 Å². The number of nitrogens with zero attached hydrogens (tertiary/aromatic N) is 1. The van der Waals surface area contributed by atoms with Crippen molar-refractivity contribution in [2.45, 2.75) is 43.7 Å². The number of hydrogen-bond acceptors (Lipinski definition) is 3. The van der Waals surface area contributed by atoms with Gasteiger partial charge in [-0.3, -0.25) is 4.98 Å². The molecule has 1 aromatic carbocycles. The van der Waals surface area contributed by atoms with E-state index in [0.29, 0.717) is 0 Å². The van der Waals surface area contributed by atoms with Gasteiger partial charge in [0.1, 0.15) is 0 Å². The third-order valence-corrected chi connectivity index (χ3v) is 4.95. The number of nitrogens with one attached hydrogen (secondary N) is 1. The van der Waals surface area contributed by atoms with Crippen molar-refractivity contribution in [2.24, 2.45) is 0 Å². The lowest BCUT2D eigenvalue weighted by Crippen LogP contribution is -2.46. The number of aromatic nitrogens is 1. The molecule has 21 heavy (non-hydrogen) atoms. The van der Waals surface area contributed by atoms with Crippen LogP contribution in [0.5, 0.6) is 0 Å². The van der Waals surface area contributed by atoms with Gasteiger partial charge in [0.05, 0.1) is 11.6 Å². The maximum absolute atomic E-state index is 6.06. The highest BCUT2D eigenvalue weighted by molar-refractivity contribution is 5.85. The predicted octanol–water partition coefficient (Wildman–Crippen LogP) is 3.84. The van der Waals surface area contributed by atoms with Crippen LogP contribution in [0.3, 0.4) is 0 Å². The van der Waals surface area contributed by atoms with Crippen LogP contribution < -0.4 is 5.32 Å². The minimum atomic E-state index is -0.0927. The predicted molar refractivity (Wildman–Crippen MR) is 86.4 cm³/mol. The Morgan fingerprint density at radius 1 is 1.19 bits per heavy atom. The van der Waals surface area contributed by atoms with E-state index in [9.17, 15) is 0 Å². The second-order valence-corrected chi connectivity index (χ2v) is 6.00. The number of ether oxygens (including phenoxy) is 1. The lowest BCUT2D eigenvalue weighted by atomic mass is 9.76. The van der Waals surface area contributed by atoms with E-state index in [-0.39, 0.29) is 11.6 Å². The zero-order valence-electron chi connectivity index (χ0n) is 12.9. The Morgan fingerprint density at radius 3 is 2.71 bits per heavy atom. The van der Waals surface area contributed by atoms with Gasteiger partial charge in [-0.05, 0) is 36.9 Å². The second-order valence-electron chi connectivity index (χ2n) is 6.00. The fraction of sp³-hybridized carbons (Fsp3) is 0.500. The van der Waals surface area contributed by atoms with Crippen molar-refractivity contribution in [3.05, 3.63) is 42.2 Å². The third-order valence-electron chi connectivity index (χ3n) is 4.95. The summed E-state index contributed by atoms with van der Waals surface area (Å²) in [5, 5.41) is 5.99. The third kappa shape index (κ3) is 2.56. The Kier molecular flexibility index (Phi) is 4.22. The fourth-order valence-corrected chi connectivity index (χ4v) is 3.86. The van der Waals surface area contributed by atoms with Crippen LogP contribution in [-0.2, 0) is 4.74 Å². The Labute approximate surface area is 126 Å². The molecule has 1 unspecified atom stereocenters. The minimum absolute atomic E-state index is 0.0927. The summed E-state index contributed by atoms with van der Waals surface area (Å²) in [6.45, 7) is 0. The van der Waals surface area contributed by atoms with Crippen molar-refractivity contribution in [1.29, 1.82) is 0 Å². The van der Waals surface area contributed by atoms with E-state index in [1.807, 2.05) is 26.6 Å². The average molecular weight is 284 g/mol. The number of likely N-dealkylation sites (N-methyl/N-ethyl adjacent to an activating group) is 1. The summed E-state index contributed by atoms with van der Waals surface area (Å²) >= 11 is 0. The standard InChI is InChI=1S/C18H24N2O/c1-19-17(18(21-2)10-4-3-5-11-18)16-8-6-7-14-13-20-12-9-15(14)16/h6-9,12-13,17,19H,3-5,10-11H2,1-2H3. The van der Waals surface area contributed by atoms with Crippen molar-refractivity contribution < 1.29 is 4.74 Å². The number of rotatable bonds is 4. The van der Waals surface area contributed by atoms with E-state index in [4.69, 9.17) is 4.74 Å². The number of pyridine rings is 1. The van der Waals surface area contributed by atoms with Gasteiger partial charge >= 0.3 is 0 Å². The molecule has 2 aromatic rings. The van der Waals surface area contributed by atoms with E-state index >= 15 is 0 Å². The molecule has 1 aromatic heterocycles. The van der Waals surface area contributed by atoms with E-state index in [1.54, 1.807) is 0 Å². The van der Waals surface area contributed by atoms with E-state index < -0.39 is 0 Å². The Hall–Kier alpha value is -1.45. The molecule has 1 fully saturated rings. The van der Waals surface area contributed by atoms with Crippen molar-refractivity contribution in [3.63, 3.8) is 0 Å². The van der Waals surface area contributed by atoms with Crippen molar-refractivity contribution >= 4 is 10.8 Å². The van der Waals surface area contributed by atoms with Gasteiger partial charge in [0, 0.05) is 24.9 Å². The van der Waals surface area contributed by atoms with Crippen LogP contribution in [-0.4, -0.2) is 24.7 Å². The molecule has 0 bridgehead atoms. The van der Waals surface area contributed by atoms with Gasteiger partial charge in [0.15, 0.2) is 0 Å². The van der Waals surface area contributed by atoms with Crippen molar-refractivity contribution in [1.82, 2.24) is 10.3 Å². The van der Waals surface area contributed by atoms with Crippen LogP contribution >= 0.6 is 0 Å². The van der Waals surface area contributed by atoms with Gasteiger partial charge in [-0.1, -0.05) is 37.5 Å². The van der Waals surface area contributed by atoms with Gasteiger partial charge in [0.2, 0.25) is 0 Å². The molecule has 1 atom stereocenters. The number of methoxy groups -OCH3 is 1. The van der Waals surface area contributed by atoms with Gasteiger partial charge in [-0.15, -0.1) is 0 Å². The van der Waals surface area contributed by atoms with Crippen molar-refractivity contribution in [2.75, 3.05) is 14.2 Å². The molecule has 1 aliphatic carbocycles. The Bertz CT molecular complexity index is 600. The highest BCUT2D eigenvalue weighted by Crippen LogP contribution is 2.42. The molecule has 0 aliphatic heterocycles. The lowest BCUT2D eigenvalue weighted by Gasteiger charge is -2.43. The fourth-order valence-electron chi connectivity index (χ4n) is 3.86. The molecule has 0 amide bonds. The molecule has 112 valence electrons. The van der Waals surface area contributed by atoms with Gasteiger partial charge in [0.25, 0.3) is 0 Å². The number of hydrogen-bond donors (Lipinski definition) is 1. The van der Waals surface area contributed by atoms with Gasteiger partial charge < -0.3 is 10.1 Å². The summed E-state index contributed by atoms with van der Waals surface area (Å²) < 4.78 is 6.06. The quantitative estimate of drug-likeness (QED) is 0.926. The summed E-state index contributed by atoms with van der Waals surface area (Å²) in [5.41, 5.74) is 1.23.